The molecule has 7 rings (SSSR count). The van der Waals surface area contributed by atoms with Gasteiger partial charge in [-0.05, 0) is 56.9 Å². The van der Waals surface area contributed by atoms with E-state index >= 15 is 0 Å². The maximum Gasteiger partial charge on any atom is 0.0270 e. The van der Waals surface area contributed by atoms with Crippen molar-refractivity contribution in [3.63, 3.8) is 0 Å². The molecular weight excluding hydrogens is 348 g/mol. The van der Waals surface area contributed by atoms with E-state index in [1.807, 2.05) is 0 Å². The van der Waals surface area contributed by atoms with Crippen molar-refractivity contribution in [2.45, 2.75) is 32.6 Å². The molecule has 4 aliphatic carbocycles. The lowest BCUT2D eigenvalue weighted by atomic mass is 9.74. The van der Waals surface area contributed by atoms with Crippen LogP contribution in [0.2, 0.25) is 0 Å². The fourth-order valence-corrected chi connectivity index (χ4v) is 7.61. The van der Waals surface area contributed by atoms with Crippen LogP contribution in [0.15, 0.2) is 96.6 Å². The molecule has 0 heteroatoms. The zero-order valence-corrected chi connectivity index (χ0v) is 17.5. The molecule has 0 N–H and O–H groups in total. The van der Waals surface area contributed by atoms with E-state index in [4.69, 9.17) is 0 Å². The van der Waals surface area contributed by atoms with Crippen molar-refractivity contribution in [2.75, 3.05) is 0 Å². The summed E-state index contributed by atoms with van der Waals surface area (Å²) in [4.78, 5) is 0. The van der Waals surface area contributed by atoms with Crippen molar-refractivity contribution in [1.82, 2.24) is 0 Å². The smallest absolute Gasteiger partial charge is 0.0270 e. The Morgan fingerprint density at radius 1 is 0.690 bits per heavy atom. The molecule has 0 radical (unpaired) electrons. The molecule has 3 aromatic rings. The van der Waals surface area contributed by atoms with Crippen LogP contribution in [-0.2, 0) is 5.41 Å². The van der Waals surface area contributed by atoms with Gasteiger partial charge >= 0.3 is 0 Å². The van der Waals surface area contributed by atoms with Gasteiger partial charge in [-0.25, -0.2) is 0 Å². The molecule has 144 valence electrons. The SMILES string of the molecule is CC1(C)C2CC3C(c4ccccc4)(C2=C(c2ccccc2)c2ccccc2)C31C. The van der Waals surface area contributed by atoms with Gasteiger partial charge in [-0.2, -0.15) is 0 Å². The van der Waals surface area contributed by atoms with Crippen LogP contribution in [0.25, 0.3) is 5.57 Å². The maximum atomic E-state index is 2.57. The molecule has 0 saturated heterocycles. The quantitative estimate of drug-likeness (QED) is 0.456. The summed E-state index contributed by atoms with van der Waals surface area (Å²) in [5.41, 5.74) is 8.29. The van der Waals surface area contributed by atoms with Gasteiger partial charge in [-0.3, -0.25) is 0 Å². The molecule has 29 heavy (non-hydrogen) atoms. The minimum absolute atomic E-state index is 0.184. The largest absolute Gasteiger partial charge is 0.0622 e. The van der Waals surface area contributed by atoms with E-state index in [0.717, 1.165) is 5.92 Å². The first-order valence-corrected chi connectivity index (χ1v) is 11.0. The third-order valence-electron chi connectivity index (χ3n) is 9.03. The Hall–Kier alpha value is -2.60. The van der Waals surface area contributed by atoms with Gasteiger partial charge in [0.2, 0.25) is 0 Å². The highest BCUT2D eigenvalue weighted by molar-refractivity contribution is 5.88. The number of allylic oxidation sites excluding steroid dienone is 1. The molecule has 4 saturated carbocycles. The summed E-state index contributed by atoms with van der Waals surface area (Å²) < 4.78 is 0. The highest BCUT2D eigenvalue weighted by Gasteiger charge is 2.91. The minimum Gasteiger partial charge on any atom is -0.0622 e. The van der Waals surface area contributed by atoms with E-state index < -0.39 is 0 Å². The first-order chi connectivity index (χ1) is 14.0. The third kappa shape index (κ3) is 1.82. The lowest BCUT2D eigenvalue weighted by molar-refractivity contribution is 0.202. The van der Waals surface area contributed by atoms with Gasteiger partial charge in [0.25, 0.3) is 0 Å². The topological polar surface area (TPSA) is 0 Å². The van der Waals surface area contributed by atoms with Crippen molar-refractivity contribution < 1.29 is 0 Å². The lowest BCUT2D eigenvalue weighted by Gasteiger charge is -2.29. The van der Waals surface area contributed by atoms with E-state index in [2.05, 4.69) is 112 Å². The summed E-state index contributed by atoms with van der Waals surface area (Å²) in [6, 6.07) is 33.6. The number of benzene rings is 3. The molecule has 3 aromatic carbocycles. The second-order valence-corrected chi connectivity index (χ2v) is 9.96. The molecule has 0 heterocycles. The van der Waals surface area contributed by atoms with Gasteiger partial charge in [0.15, 0.2) is 0 Å². The second-order valence-electron chi connectivity index (χ2n) is 9.96. The van der Waals surface area contributed by atoms with Crippen LogP contribution in [0.4, 0.5) is 0 Å². The average Bonchev–Trinajstić information content (AvgIpc) is 2.95. The molecule has 4 aliphatic rings. The van der Waals surface area contributed by atoms with Gasteiger partial charge < -0.3 is 0 Å². The molecule has 4 bridgehead atoms. The summed E-state index contributed by atoms with van der Waals surface area (Å²) >= 11 is 0. The maximum absolute atomic E-state index is 2.57. The Morgan fingerprint density at radius 3 is 1.62 bits per heavy atom. The van der Waals surface area contributed by atoms with Crippen LogP contribution in [0.1, 0.15) is 43.9 Å². The zero-order valence-electron chi connectivity index (χ0n) is 17.5. The summed E-state index contributed by atoms with van der Waals surface area (Å²) in [5.74, 6) is 1.41. The minimum atomic E-state index is 0.184. The summed E-state index contributed by atoms with van der Waals surface area (Å²) in [5, 5.41) is 0. The van der Waals surface area contributed by atoms with Crippen LogP contribution >= 0.6 is 0 Å². The van der Waals surface area contributed by atoms with Gasteiger partial charge in [0.1, 0.15) is 0 Å². The molecule has 0 spiro atoms. The van der Waals surface area contributed by atoms with E-state index in [1.54, 1.807) is 5.57 Å². The van der Waals surface area contributed by atoms with E-state index in [0.29, 0.717) is 16.7 Å². The van der Waals surface area contributed by atoms with Gasteiger partial charge in [0.05, 0.1) is 0 Å². The normalized spacial score (nSPS) is 33.0. The number of hydrogen-bond acceptors (Lipinski definition) is 0. The highest BCUT2D eigenvalue weighted by Crippen LogP contribution is 2.94. The number of rotatable bonds is 3. The van der Waals surface area contributed by atoms with Crippen molar-refractivity contribution >= 4 is 5.57 Å². The average molecular weight is 377 g/mol. The lowest BCUT2D eigenvalue weighted by Crippen LogP contribution is -2.24. The molecule has 4 fully saturated rings. The van der Waals surface area contributed by atoms with E-state index in [9.17, 15) is 0 Å². The van der Waals surface area contributed by atoms with E-state index in [-0.39, 0.29) is 5.41 Å². The monoisotopic (exact) mass is 376 g/mol. The van der Waals surface area contributed by atoms with Crippen molar-refractivity contribution in [3.05, 3.63) is 113 Å². The predicted molar refractivity (Wildman–Crippen MR) is 121 cm³/mol. The van der Waals surface area contributed by atoms with Crippen molar-refractivity contribution in [3.8, 4) is 0 Å². The van der Waals surface area contributed by atoms with Crippen molar-refractivity contribution in [1.29, 1.82) is 0 Å². The number of hydrogen-bond donors (Lipinski definition) is 0. The summed E-state index contributed by atoms with van der Waals surface area (Å²) in [6.45, 7) is 7.64. The van der Waals surface area contributed by atoms with Crippen LogP contribution in [-0.4, -0.2) is 0 Å². The Kier molecular flexibility index (Phi) is 3.28. The first kappa shape index (κ1) is 17.3. The Labute approximate surface area is 174 Å². The van der Waals surface area contributed by atoms with Crippen LogP contribution in [0.3, 0.4) is 0 Å². The Morgan fingerprint density at radius 2 is 1.17 bits per heavy atom. The second kappa shape index (κ2) is 5.51. The molecule has 0 amide bonds. The standard InChI is InChI=1S/C29H28/c1-27(2)23-19-24-28(27,3)29(24,22-17-11-6-12-18-22)26(23)25(20-13-7-4-8-14-20)21-15-9-5-10-16-21/h4-18,23-24H,19H2,1-3H3. The van der Waals surface area contributed by atoms with Crippen LogP contribution in [0, 0.1) is 22.7 Å². The molecule has 4 atom stereocenters. The first-order valence-electron chi connectivity index (χ1n) is 11.0. The Balaban J connectivity index is 1.72. The molecule has 4 unspecified atom stereocenters. The predicted octanol–water partition coefficient (Wildman–Crippen LogP) is 7.12. The van der Waals surface area contributed by atoms with Gasteiger partial charge in [-0.1, -0.05) is 112 Å². The Bertz CT molecular complexity index is 1060. The molecule has 0 nitrogen and oxygen atoms in total. The fourth-order valence-electron chi connectivity index (χ4n) is 7.61. The third-order valence-corrected chi connectivity index (χ3v) is 9.03. The van der Waals surface area contributed by atoms with Crippen LogP contribution < -0.4 is 0 Å². The van der Waals surface area contributed by atoms with Crippen LogP contribution in [0.5, 0.6) is 0 Å². The fraction of sp³-hybridized carbons (Fsp3) is 0.310. The molecular formula is C29H28. The molecule has 0 aromatic heterocycles. The van der Waals surface area contributed by atoms with Crippen molar-refractivity contribution in [2.24, 2.45) is 22.7 Å². The summed E-state index contributed by atoms with van der Waals surface area (Å²) in [7, 11) is 0. The molecule has 0 aliphatic heterocycles. The highest BCUT2D eigenvalue weighted by atomic mass is 14.9. The van der Waals surface area contributed by atoms with Gasteiger partial charge in [0, 0.05) is 5.41 Å². The zero-order chi connectivity index (χ0) is 19.9. The summed E-state index contributed by atoms with van der Waals surface area (Å²) in [6.07, 6.45) is 1.33. The van der Waals surface area contributed by atoms with Gasteiger partial charge in [-0.15, -0.1) is 0 Å². The van der Waals surface area contributed by atoms with E-state index in [1.165, 1.54) is 28.7 Å².